The maximum atomic E-state index is 5.99. The van der Waals surface area contributed by atoms with E-state index >= 15 is 0 Å². The molecule has 0 unspecified atom stereocenters. The number of nitrogens with one attached hydrogen (secondary N) is 3. The largest absolute Gasteiger partial charge is 0.404 e. The summed E-state index contributed by atoms with van der Waals surface area (Å²) in [4.78, 5) is 0. The van der Waals surface area contributed by atoms with Crippen LogP contribution in [0.5, 0.6) is 0 Å². The fourth-order valence-electron chi connectivity index (χ4n) is 3.62. The van der Waals surface area contributed by atoms with Crippen molar-refractivity contribution in [1.29, 1.82) is 0 Å². The normalized spacial score (nSPS) is 19.6. The molecule has 4 heteroatoms. The van der Waals surface area contributed by atoms with Gasteiger partial charge in [-0.2, -0.15) is 0 Å². The van der Waals surface area contributed by atoms with E-state index in [1.165, 1.54) is 16.8 Å². The lowest BCUT2D eigenvalue weighted by molar-refractivity contribution is 0.479. The van der Waals surface area contributed by atoms with Crippen LogP contribution >= 0.6 is 0 Å². The molecule has 0 atom stereocenters. The molecule has 2 aliphatic rings. The highest BCUT2D eigenvalue weighted by Gasteiger charge is 2.14. The topological polar surface area (TPSA) is 62.1 Å². The summed E-state index contributed by atoms with van der Waals surface area (Å²) >= 11 is 0. The van der Waals surface area contributed by atoms with Gasteiger partial charge in [-0.25, -0.2) is 0 Å². The van der Waals surface area contributed by atoms with Crippen molar-refractivity contribution >= 4 is 23.5 Å². The van der Waals surface area contributed by atoms with Crippen molar-refractivity contribution in [1.82, 2.24) is 10.6 Å². The van der Waals surface area contributed by atoms with Gasteiger partial charge >= 0.3 is 0 Å². The molecule has 4 nitrogen and oxygen atoms in total. The molecule has 2 heterocycles. The second-order valence-electron chi connectivity index (χ2n) is 6.83. The molecule has 0 aromatic heterocycles. The molecule has 138 valence electrons. The van der Waals surface area contributed by atoms with Gasteiger partial charge < -0.3 is 21.7 Å². The summed E-state index contributed by atoms with van der Waals surface area (Å²) in [5.74, 6) is 0. The van der Waals surface area contributed by atoms with E-state index in [0.717, 1.165) is 55.0 Å². The Hall–Kier alpha value is -2.46. The van der Waals surface area contributed by atoms with Gasteiger partial charge in [0.2, 0.25) is 0 Å². The molecule has 1 aromatic rings. The smallest absolute Gasteiger partial charge is 0.0442 e. The van der Waals surface area contributed by atoms with Crippen molar-refractivity contribution in [2.75, 3.05) is 25.0 Å². The minimum atomic E-state index is 0.477. The number of hydrogen-bond donors (Lipinski definition) is 4. The lowest BCUT2D eigenvalue weighted by Crippen LogP contribution is -2.38. The van der Waals surface area contributed by atoms with Gasteiger partial charge in [0, 0.05) is 35.4 Å². The van der Waals surface area contributed by atoms with Crippen LogP contribution in [0, 0.1) is 0 Å². The Morgan fingerprint density at radius 3 is 2.81 bits per heavy atom. The van der Waals surface area contributed by atoms with Gasteiger partial charge in [-0.3, -0.25) is 0 Å². The summed E-state index contributed by atoms with van der Waals surface area (Å²) in [6, 6.07) is 4.92. The van der Waals surface area contributed by atoms with Crippen LogP contribution in [0.1, 0.15) is 31.7 Å². The van der Waals surface area contributed by atoms with Gasteiger partial charge in [-0.1, -0.05) is 31.7 Å². The Morgan fingerprint density at radius 1 is 1.31 bits per heavy atom. The fraction of sp³-hybridized carbons (Fsp3) is 0.364. The van der Waals surface area contributed by atoms with Crippen LogP contribution in [0.15, 0.2) is 42.6 Å². The molecule has 0 amide bonds. The van der Waals surface area contributed by atoms with Crippen molar-refractivity contribution in [3.05, 3.63) is 58.6 Å². The first-order valence-corrected chi connectivity index (χ1v) is 9.56. The predicted molar refractivity (Wildman–Crippen MR) is 113 cm³/mol. The standard InChI is InChI=1S/C22H30N4/c1-3-5-17-12-18(16-6-11-25-19(4-2)13-16)14-22(21(17)15-23)26-20-7-9-24-10-8-20/h3,5-6,12-15,20,24-26H,1,4,7-11,23H2,2H3/b17-5-,21-15+. The first-order valence-electron chi connectivity index (χ1n) is 9.56. The van der Waals surface area contributed by atoms with Crippen LogP contribution in [0.25, 0.3) is 17.8 Å². The predicted octanol–water partition coefficient (Wildman–Crippen LogP) is 1.79. The molecule has 26 heavy (non-hydrogen) atoms. The summed E-state index contributed by atoms with van der Waals surface area (Å²) < 4.78 is 0. The molecular weight excluding hydrogens is 320 g/mol. The quantitative estimate of drug-likeness (QED) is 0.654. The van der Waals surface area contributed by atoms with Gasteiger partial charge in [0.05, 0.1) is 0 Å². The maximum absolute atomic E-state index is 5.99. The Morgan fingerprint density at radius 2 is 2.12 bits per heavy atom. The van der Waals surface area contributed by atoms with Crippen LogP contribution in [-0.2, 0) is 0 Å². The number of allylic oxidation sites excluding steroid dienone is 4. The monoisotopic (exact) mass is 350 g/mol. The zero-order chi connectivity index (χ0) is 18.4. The van der Waals surface area contributed by atoms with Crippen LogP contribution < -0.4 is 32.1 Å². The van der Waals surface area contributed by atoms with Crippen molar-refractivity contribution in [3.63, 3.8) is 0 Å². The molecule has 0 aliphatic carbocycles. The molecule has 0 saturated carbocycles. The number of anilines is 1. The summed E-state index contributed by atoms with van der Waals surface area (Å²) in [5, 5.41) is 12.7. The van der Waals surface area contributed by atoms with E-state index in [9.17, 15) is 0 Å². The van der Waals surface area contributed by atoms with E-state index in [4.69, 9.17) is 5.73 Å². The minimum absolute atomic E-state index is 0.477. The van der Waals surface area contributed by atoms with E-state index in [-0.39, 0.29) is 0 Å². The van der Waals surface area contributed by atoms with Crippen molar-refractivity contribution in [2.24, 2.45) is 5.73 Å². The van der Waals surface area contributed by atoms with Crippen molar-refractivity contribution < 1.29 is 0 Å². The minimum Gasteiger partial charge on any atom is -0.404 e. The molecule has 1 fully saturated rings. The number of nitrogens with two attached hydrogens (primary N) is 1. The third kappa shape index (κ3) is 4.20. The Labute approximate surface area is 156 Å². The molecule has 3 rings (SSSR count). The van der Waals surface area contributed by atoms with Gasteiger partial charge in [0.1, 0.15) is 0 Å². The fourth-order valence-corrected chi connectivity index (χ4v) is 3.62. The van der Waals surface area contributed by atoms with Crippen LogP contribution in [0.4, 0.5) is 5.69 Å². The summed E-state index contributed by atoms with van der Waals surface area (Å²) in [6.07, 6.45) is 13.3. The average molecular weight is 351 g/mol. The zero-order valence-electron chi connectivity index (χ0n) is 15.6. The van der Waals surface area contributed by atoms with Crippen molar-refractivity contribution in [3.8, 4) is 0 Å². The second-order valence-corrected chi connectivity index (χ2v) is 6.83. The number of benzene rings is 1. The highest BCUT2D eigenvalue weighted by molar-refractivity contribution is 5.78. The molecule has 1 saturated heterocycles. The van der Waals surface area contributed by atoms with Crippen LogP contribution in [0.3, 0.4) is 0 Å². The lowest BCUT2D eigenvalue weighted by atomic mass is 9.98. The van der Waals surface area contributed by atoms with Gasteiger partial charge in [-0.05, 0) is 66.9 Å². The summed E-state index contributed by atoms with van der Waals surface area (Å²) in [6.45, 7) is 9.04. The number of dihydropyridines is 1. The van der Waals surface area contributed by atoms with Crippen LogP contribution in [0.2, 0.25) is 0 Å². The maximum Gasteiger partial charge on any atom is 0.0442 e. The van der Waals surface area contributed by atoms with Gasteiger partial charge in [0.15, 0.2) is 0 Å². The number of hydrogen-bond acceptors (Lipinski definition) is 4. The average Bonchev–Trinajstić information content (AvgIpc) is 2.69. The number of piperidine rings is 1. The van der Waals surface area contributed by atoms with E-state index in [0.29, 0.717) is 6.04 Å². The molecule has 2 aliphatic heterocycles. The van der Waals surface area contributed by atoms with Crippen LogP contribution in [-0.4, -0.2) is 25.7 Å². The molecule has 0 spiro atoms. The number of rotatable bonds is 5. The highest BCUT2D eigenvalue weighted by Crippen LogP contribution is 2.21. The molecule has 0 radical (unpaired) electrons. The Balaban J connectivity index is 2.06. The molecular formula is C22H30N4. The summed E-state index contributed by atoms with van der Waals surface area (Å²) in [7, 11) is 0. The van der Waals surface area contributed by atoms with Gasteiger partial charge in [0.25, 0.3) is 0 Å². The lowest BCUT2D eigenvalue weighted by Gasteiger charge is -2.25. The molecule has 1 aromatic carbocycles. The Bertz CT molecular complexity index is 826. The highest BCUT2D eigenvalue weighted by atomic mass is 15.0. The van der Waals surface area contributed by atoms with E-state index in [1.54, 1.807) is 6.20 Å². The third-order valence-corrected chi connectivity index (χ3v) is 5.07. The van der Waals surface area contributed by atoms with Gasteiger partial charge in [-0.15, -0.1) is 0 Å². The third-order valence-electron chi connectivity index (χ3n) is 5.07. The first-order chi connectivity index (χ1) is 12.7. The van der Waals surface area contributed by atoms with E-state index < -0.39 is 0 Å². The Kier molecular flexibility index (Phi) is 6.18. The molecule has 5 N–H and O–H groups in total. The SMILES string of the molecule is C=C/C=c1/cc(C2=CCNC(CC)=C2)cc(NC2CCNCC2)/c1=C/N. The first kappa shape index (κ1) is 18.3. The van der Waals surface area contributed by atoms with E-state index in [1.807, 2.05) is 12.2 Å². The second kappa shape index (κ2) is 8.77. The van der Waals surface area contributed by atoms with E-state index in [2.05, 4.69) is 53.7 Å². The summed E-state index contributed by atoms with van der Waals surface area (Å²) in [5.41, 5.74) is 10.9. The van der Waals surface area contributed by atoms with Crippen molar-refractivity contribution in [2.45, 2.75) is 32.2 Å². The molecule has 0 bridgehead atoms. The zero-order valence-corrected chi connectivity index (χ0v) is 15.6.